The first-order valence-electron chi connectivity index (χ1n) is 10.2. The Kier molecular flexibility index (Phi) is 4.94. The van der Waals surface area contributed by atoms with Crippen LogP contribution in [-0.2, 0) is 6.54 Å². The summed E-state index contributed by atoms with van der Waals surface area (Å²) in [5, 5.41) is 6.93. The van der Waals surface area contributed by atoms with Crippen molar-refractivity contribution in [2.45, 2.75) is 50.1 Å². The third-order valence-corrected chi connectivity index (χ3v) is 6.07. The SMILES string of the molecule is O=C1c2cc(-c3nnc(C(F)F)o3)ccc2CN1C1CCC(F)(F)CC1c1ccccn1. The maximum Gasteiger partial charge on any atom is 0.314 e. The van der Waals surface area contributed by atoms with Crippen molar-refractivity contribution in [1.82, 2.24) is 20.1 Å². The van der Waals surface area contributed by atoms with Crippen molar-refractivity contribution in [3.8, 4) is 11.5 Å². The van der Waals surface area contributed by atoms with Crippen LogP contribution >= 0.6 is 0 Å². The van der Waals surface area contributed by atoms with E-state index in [1.54, 1.807) is 41.4 Å². The van der Waals surface area contributed by atoms with Gasteiger partial charge < -0.3 is 9.32 Å². The molecule has 6 nitrogen and oxygen atoms in total. The van der Waals surface area contributed by atoms with Gasteiger partial charge in [0.1, 0.15) is 0 Å². The third-order valence-electron chi connectivity index (χ3n) is 6.07. The molecule has 2 aliphatic rings. The molecule has 3 heterocycles. The number of fused-ring (bicyclic) bond motifs is 1. The van der Waals surface area contributed by atoms with Crippen LogP contribution in [0, 0.1) is 0 Å². The molecule has 166 valence electrons. The molecular formula is C22H18F4N4O2. The van der Waals surface area contributed by atoms with Crippen LogP contribution in [0.1, 0.15) is 59.1 Å². The third kappa shape index (κ3) is 3.63. The van der Waals surface area contributed by atoms with Crippen molar-refractivity contribution in [1.29, 1.82) is 0 Å². The lowest BCUT2D eigenvalue weighted by molar-refractivity contribution is -0.0608. The summed E-state index contributed by atoms with van der Waals surface area (Å²) in [4.78, 5) is 19.1. The molecule has 32 heavy (non-hydrogen) atoms. The van der Waals surface area contributed by atoms with Gasteiger partial charge in [-0.25, -0.2) is 8.78 Å². The number of benzene rings is 1. The maximum atomic E-state index is 14.3. The largest absolute Gasteiger partial charge is 0.415 e. The molecule has 5 rings (SSSR count). The summed E-state index contributed by atoms with van der Waals surface area (Å²) in [5.41, 5.74) is 1.97. The fraction of sp³-hybridized carbons (Fsp3) is 0.364. The number of hydrogen-bond donors (Lipinski definition) is 0. The van der Waals surface area contributed by atoms with Crippen molar-refractivity contribution >= 4 is 5.91 Å². The Balaban J connectivity index is 1.44. The van der Waals surface area contributed by atoms with Crippen molar-refractivity contribution in [2.75, 3.05) is 0 Å². The topological polar surface area (TPSA) is 72.1 Å². The van der Waals surface area contributed by atoms with Crippen LogP contribution in [0.5, 0.6) is 0 Å². The lowest BCUT2D eigenvalue weighted by atomic mass is 9.79. The molecule has 1 saturated carbocycles. The molecule has 3 aromatic rings. The molecule has 0 saturated heterocycles. The smallest absolute Gasteiger partial charge is 0.314 e. The van der Waals surface area contributed by atoms with Crippen LogP contribution in [0.3, 0.4) is 0 Å². The van der Waals surface area contributed by atoms with Gasteiger partial charge >= 0.3 is 6.43 Å². The second-order valence-electron chi connectivity index (χ2n) is 8.08. The van der Waals surface area contributed by atoms with E-state index in [2.05, 4.69) is 15.2 Å². The Morgan fingerprint density at radius 2 is 2.00 bits per heavy atom. The summed E-state index contributed by atoms with van der Waals surface area (Å²) in [6, 6.07) is 9.58. The molecule has 2 unspecified atom stereocenters. The lowest BCUT2D eigenvalue weighted by Gasteiger charge is -2.40. The summed E-state index contributed by atoms with van der Waals surface area (Å²) in [6.45, 7) is 0.278. The molecule has 1 aliphatic heterocycles. The number of alkyl halides is 4. The van der Waals surface area contributed by atoms with Crippen LogP contribution in [0.15, 0.2) is 47.0 Å². The van der Waals surface area contributed by atoms with Crippen LogP contribution in [0.2, 0.25) is 0 Å². The Morgan fingerprint density at radius 1 is 1.16 bits per heavy atom. The minimum Gasteiger partial charge on any atom is -0.415 e. The van der Waals surface area contributed by atoms with Gasteiger partial charge in [-0.2, -0.15) is 8.78 Å². The van der Waals surface area contributed by atoms with Crippen molar-refractivity contribution in [3.63, 3.8) is 0 Å². The molecule has 1 amide bonds. The van der Waals surface area contributed by atoms with Crippen molar-refractivity contribution in [2.24, 2.45) is 0 Å². The van der Waals surface area contributed by atoms with Gasteiger partial charge in [-0.05, 0) is 36.2 Å². The number of rotatable bonds is 4. The van der Waals surface area contributed by atoms with Gasteiger partial charge in [0.2, 0.25) is 11.8 Å². The summed E-state index contributed by atoms with van der Waals surface area (Å²) in [7, 11) is 0. The number of amides is 1. The van der Waals surface area contributed by atoms with E-state index in [1.165, 1.54) is 6.07 Å². The van der Waals surface area contributed by atoms with Crippen LogP contribution in [0.25, 0.3) is 11.5 Å². The summed E-state index contributed by atoms with van der Waals surface area (Å²) in [5.74, 6) is -4.62. The number of carbonyl (C=O) groups is 1. The predicted octanol–water partition coefficient (Wildman–Crippen LogP) is 5.00. The first-order valence-corrected chi connectivity index (χ1v) is 10.2. The zero-order valence-electron chi connectivity index (χ0n) is 16.7. The second-order valence-corrected chi connectivity index (χ2v) is 8.08. The summed E-state index contributed by atoms with van der Waals surface area (Å²) < 4.78 is 59.0. The van der Waals surface area contributed by atoms with Gasteiger partial charge in [-0.3, -0.25) is 9.78 Å². The van der Waals surface area contributed by atoms with E-state index < -0.39 is 30.2 Å². The van der Waals surface area contributed by atoms with E-state index in [4.69, 9.17) is 4.42 Å². The number of carbonyl (C=O) groups excluding carboxylic acids is 1. The average Bonchev–Trinajstić information content (AvgIpc) is 3.39. The molecule has 2 aromatic heterocycles. The number of halogens is 4. The Hall–Kier alpha value is -3.30. The minimum atomic E-state index is -2.89. The van der Waals surface area contributed by atoms with E-state index >= 15 is 0 Å². The van der Waals surface area contributed by atoms with Gasteiger partial charge in [-0.15, -0.1) is 10.2 Å². The Labute approximate surface area is 180 Å². The zero-order chi connectivity index (χ0) is 22.5. The molecule has 10 heteroatoms. The number of pyridine rings is 1. The quantitative estimate of drug-likeness (QED) is 0.528. The highest BCUT2D eigenvalue weighted by Crippen LogP contribution is 2.45. The molecular weight excluding hydrogens is 428 g/mol. The van der Waals surface area contributed by atoms with E-state index in [-0.39, 0.29) is 37.6 Å². The zero-order valence-corrected chi connectivity index (χ0v) is 16.7. The molecule has 0 bridgehead atoms. The molecule has 0 spiro atoms. The van der Waals surface area contributed by atoms with Gasteiger partial charge in [0, 0.05) is 54.4 Å². The number of aromatic nitrogens is 3. The van der Waals surface area contributed by atoms with Gasteiger partial charge in [0.05, 0.1) is 0 Å². The van der Waals surface area contributed by atoms with E-state index in [0.29, 0.717) is 16.8 Å². The van der Waals surface area contributed by atoms with Gasteiger partial charge in [0.25, 0.3) is 11.8 Å². The van der Waals surface area contributed by atoms with Crippen LogP contribution < -0.4 is 0 Å². The fourth-order valence-electron chi connectivity index (χ4n) is 4.55. The standard InChI is InChI=1S/C22H18F4N4O2/c23-18(24)20-29-28-19(32-20)12-4-5-13-11-30(21(31)14(13)9-12)17-6-7-22(25,26)10-15(17)16-3-1-2-8-27-16/h1-5,8-9,15,17-18H,6-7,10-11H2. The first-order chi connectivity index (χ1) is 15.3. The van der Waals surface area contributed by atoms with Gasteiger partial charge in [0.15, 0.2) is 0 Å². The Morgan fingerprint density at radius 3 is 2.72 bits per heavy atom. The minimum absolute atomic E-state index is 0.113. The molecule has 1 fully saturated rings. The fourth-order valence-corrected chi connectivity index (χ4v) is 4.55. The van der Waals surface area contributed by atoms with E-state index in [9.17, 15) is 22.4 Å². The lowest BCUT2D eigenvalue weighted by Crippen LogP contribution is -2.46. The summed E-state index contributed by atoms with van der Waals surface area (Å²) in [6.07, 6.45) is -1.86. The summed E-state index contributed by atoms with van der Waals surface area (Å²) >= 11 is 0. The molecule has 0 radical (unpaired) electrons. The van der Waals surface area contributed by atoms with Gasteiger partial charge in [-0.1, -0.05) is 12.1 Å². The highest BCUT2D eigenvalue weighted by Gasteiger charge is 2.47. The molecule has 0 N–H and O–H groups in total. The molecule has 1 aliphatic carbocycles. The van der Waals surface area contributed by atoms with Crippen LogP contribution in [-0.4, -0.2) is 38.0 Å². The first kappa shape index (κ1) is 20.6. The number of hydrogen-bond acceptors (Lipinski definition) is 5. The average molecular weight is 446 g/mol. The second kappa shape index (κ2) is 7.68. The molecule has 1 aromatic carbocycles. The highest BCUT2D eigenvalue weighted by atomic mass is 19.3. The normalized spacial score (nSPS) is 22.4. The maximum absolute atomic E-state index is 14.3. The van der Waals surface area contributed by atoms with Crippen molar-refractivity contribution < 1.29 is 26.8 Å². The number of nitrogens with zero attached hydrogens (tertiary/aromatic N) is 4. The van der Waals surface area contributed by atoms with Crippen molar-refractivity contribution in [3.05, 3.63) is 65.3 Å². The van der Waals surface area contributed by atoms with E-state index in [1.807, 2.05) is 0 Å². The predicted molar refractivity (Wildman–Crippen MR) is 104 cm³/mol. The van der Waals surface area contributed by atoms with Crippen LogP contribution in [0.4, 0.5) is 17.6 Å². The Bertz CT molecular complexity index is 1150. The monoisotopic (exact) mass is 446 g/mol. The van der Waals surface area contributed by atoms with E-state index in [0.717, 1.165) is 5.56 Å². The highest BCUT2D eigenvalue weighted by molar-refractivity contribution is 5.99. The molecule has 2 atom stereocenters.